The number of carbonyl (C=O) groups is 1. The zero-order chi connectivity index (χ0) is 11.1. The highest BCUT2D eigenvalue weighted by molar-refractivity contribution is 5.73. The number of hydrogen-bond donors (Lipinski definition) is 3. The Morgan fingerprint density at radius 2 is 2.00 bits per heavy atom. The van der Waals surface area contributed by atoms with Gasteiger partial charge in [0, 0.05) is 6.54 Å². The summed E-state index contributed by atoms with van der Waals surface area (Å²) in [5.41, 5.74) is 0. The minimum atomic E-state index is -0.841. The average Bonchev–Trinajstić information content (AvgIpc) is 2.03. The molecule has 0 aliphatic carbocycles. The summed E-state index contributed by atoms with van der Waals surface area (Å²) >= 11 is 0. The number of aliphatic hydroxyl groups excluding tert-OH is 1. The second-order valence-corrected chi connectivity index (χ2v) is 3.61. The molecule has 0 amide bonds. The van der Waals surface area contributed by atoms with Gasteiger partial charge in [-0.3, -0.25) is 9.69 Å². The number of aliphatic carboxylic acids is 1. The molecule has 3 N–H and O–H groups in total. The third-order valence-corrected chi connectivity index (χ3v) is 2.12. The van der Waals surface area contributed by atoms with Crippen LogP contribution in [0, 0.1) is 0 Å². The lowest BCUT2D eigenvalue weighted by molar-refractivity contribution is -0.142. The SMILES string of the molecule is CNCC(O)CC[C@@H](C(=O)O)N(C)C. The molecule has 0 saturated heterocycles. The molecule has 5 heteroatoms. The van der Waals surface area contributed by atoms with Gasteiger partial charge in [-0.15, -0.1) is 0 Å². The molecule has 84 valence electrons. The van der Waals surface area contributed by atoms with E-state index in [4.69, 9.17) is 5.11 Å². The van der Waals surface area contributed by atoms with Crippen LogP contribution in [0.2, 0.25) is 0 Å². The Balaban J connectivity index is 3.88. The third kappa shape index (κ3) is 5.16. The van der Waals surface area contributed by atoms with Crippen LogP contribution in [-0.4, -0.2) is 60.9 Å². The minimum absolute atomic E-state index is 0.463. The maximum Gasteiger partial charge on any atom is 0.320 e. The number of hydrogen-bond acceptors (Lipinski definition) is 4. The maximum absolute atomic E-state index is 10.8. The van der Waals surface area contributed by atoms with Crippen molar-refractivity contribution in [3.63, 3.8) is 0 Å². The van der Waals surface area contributed by atoms with Gasteiger partial charge in [0.05, 0.1) is 6.10 Å². The van der Waals surface area contributed by atoms with Gasteiger partial charge in [0.2, 0.25) is 0 Å². The van der Waals surface area contributed by atoms with Crippen molar-refractivity contribution in [3.05, 3.63) is 0 Å². The molecule has 0 aliphatic heterocycles. The molecule has 0 aromatic rings. The molecule has 0 rings (SSSR count). The van der Waals surface area contributed by atoms with E-state index in [1.807, 2.05) is 0 Å². The fraction of sp³-hybridized carbons (Fsp3) is 0.889. The van der Waals surface area contributed by atoms with E-state index in [1.165, 1.54) is 0 Å². The first-order valence-corrected chi connectivity index (χ1v) is 4.71. The molecule has 1 unspecified atom stereocenters. The van der Waals surface area contributed by atoms with Gasteiger partial charge in [0.25, 0.3) is 0 Å². The summed E-state index contributed by atoms with van der Waals surface area (Å²) in [4.78, 5) is 12.4. The van der Waals surface area contributed by atoms with Crippen molar-refractivity contribution in [1.29, 1.82) is 0 Å². The van der Waals surface area contributed by atoms with Gasteiger partial charge >= 0.3 is 5.97 Å². The Bertz CT molecular complexity index is 173. The van der Waals surface area contributed by atoms with Crippen LogP contribution in [0.25, 0.3) is 0 Å². The Kier molecular flexibility index (Phi) is 6.44. The van der Waals surface area contributed by atoms with Crippen molar-refractivity contribution in [2.24, 2.45) is 0 Å². The van der Waals surface area contributed by atoms with E-state index in [0.717, 1.165) is 0 Å². The van der Waals surface area contributed by atoms with Crippen LogP contribution >= 0.6 is 0 Å². The Hall–Kier alpha value is -0.650. The van der Waals surface area contributed by atoms with E-state index in [2.05, 4.69) is 5.32 Å². The zero-order valence-corrected chi connectivity index (χ0v) is 9.03. The van der Waals surface area contributed by atoms with Gasteiger partial charge in [-0.05, 0) is 34.0 Å². The van der Waals surface area contributed by atoms with Crippen molar-refractivity contribution >= 4 is 5.97 Å². The predicted molar refractivity (Wildman–Crippen MR) is 54.3 cm³/mol. The van der Waals surface area contributed by atoms with Crippen LogP contribution < -0.4 is 5.32 Å². The van der Waals surface area contributed by atoms with Crippen molar-refractivity contribution in [3.8, 4) is 0 Å². The molecule has 0 aromatic heterocycles. The largest absolute Gasteiger partial charge is 0.480 e. The highest BCUT2D eigenvalue weighted by Crippen LogP contribution is 2.06. The van der Waals surface area contributed by atoms with Gasteiger partial charge in [-0.25, -0.2) is 0 Å². The van der Waals surface area contributed by atoms with E-state index in [1.54, 1.807) is 26.0 Å². The predicted octanol–water partition coefficient (Wildman–Crippen LogP) is -0.638. The van der Waals surface area contributed by atoms with Crippen LogP contribution in [0.4, 0.5) is 0 Å². The molecule has 5 nitrogen and oxygen atoms in total. The summed E-state index contributed by atoms with van der Waals surface area (Å²) in [5.74, 6) is -0.841. The molecule has 0 radical (unpaired) electrons. The van der Waals surface area contributed by atoms with Crippen LogP contribution in [-0.2, 0) is 4.79 Å². The second-order valence-electron chi connectivity index (χ2n) is 3.61. The summed E-state index contributed by atoms with van der Waals surface area (Å²) < 4.78 is 0. The minimum Gasteiger partial charge on any atom is -0.480 e. The first-order chi connectivity index (χ1) is 6.49. The maximum atomic E-state index is 10.8. The highest BCUT2D eigenvalue weighted by atomic mass is 16.4. The molecule has 0 saturated carbocycles. The lowest BCUT2D eigenvalue weighted by Crippen LogP contribution is -2.37. The first kappa shape index (κ1) is 13.4. The first-order valence-electron chi connectivity index (χ1n) is 4.71. The van der Waals surface area contributed by atoms with Gasteiger partial charge in [-0.1, -0.05) is 0 Å². The van der Waals surface area contributed by atoms with Gasteiger partial charge in [-0.2, -0.15) is 0 Å². The summed E-state index contributed by atoms with van der Waals surface area (Å²) in [6.07, 6.45) is 0.489. The van der Waals surface area contributed by atoms with E-state index < -0.39 is 18.1 Å². The smallest absolute Gasteiger partial charge is 0.320 e. The monoisotopic (exact) mass is 204 g/mol. The van der Waals surface area contributed by atoms with Crippen molar-refractivity contribution in [1.82, 2.24) is 10.2 Å². The zero-order valence-electron chi connectivity index (χ0n) is 9.03. The Labute approximate surface area is 84.7 Å². The molecule has 14 heavy (non-hydrogen) atoms. The molecular weight excluding hydrogens is 184 g/mol. The second kappa shape index (κ2) is 6.75. The number of nitrogens with zero attached hydrogens (tertiary/aromatic N) is 1. The topological polar surface area (TPSA) is 72.8 Å². The quantitative estimate of drug-likeness (QED) is 0.514. The molecule has 0 aliphatic rings. The fourth-order valence-corrected chi connectivity index (χ4v) is 1.29. The summed E-state index contributed by atoms with van der Waals surface area (Å²) in [7, 11) is 5.20. The summed E-state index contributed by atoms with van der Waals surface area (Å²) in [6, 6.07) is -0.512. The third-order valence-electron chi connectivity index (χ3n) is 2.12. The lowest BCUT2D eigenvalue weighted by Gasteiger charge is -2.21. The standard InChI is InChI=1S/C9H20N2O3/c1-10-6-7(12)4-5-8(9(13)14)11(2)3/h7-8,10,12H,4-6H2,1-3H3,(H,13,14)/t7?,8-/m0/s1. The number of rotatable bonds is 7. The van der Waals surface area contributed by atoms with Crippen LogP contribution in [0.15, 0.2) is 0 Å². The number of nitrogens with one attached hydrogen (secondary N) is 1. The van der Waals surface area contributed by atoms with E-state index in [0.29, 0.717) is 19.4 Å². The Morgan fingerprint density at radius 3 is 2.36 bits per heavy atom. The number of carboxylic acids is 1. The molecule has 0 spiro atoms. The normalized spacial score (nSPS) is 15.5. The molecule has 0 fully saturated rings. The highest BCUT2D eigenvalue weighted by Gasteiger charge is 2.20. The van der Waals surface area contributed by atoms with E-state index in [-0.39, 0.29) is 0 Å². The molecule has 2 atom stereocenters. The van der Waals surface area contributed by atoms with Gasteiger partial charge in [0.1, 0.15) is 6.04 Å². The fourth-order valence-electron chi connectivity index (χ4n) is 1.29. The average molecular weight is 204 g/mol. The Morgan fingerprint density at radius 1 is 1.43 bits per heavy atom. The molecule has 0 aromatic carbocycles. The van der Waals surface area contributed by atoms with E-state index >= 15 is 0 Å². The van der Waals surface area contributed by atoms with Crippen molar-refractivity contribution in [2.45, 2.75) is 25.0 Å². The molecule has 0 bridgehead atoms. The van der Waals surface area contributed by atoms with Crippen LogP contribution in [0.3, 0.4) is 0 Å². The van der Waals surface area contributed by atoms with Gasteiger partial charge < -0.3 is 15.5 Å². The number of likely N-dealkylation sites (N-methyl/N-ethyl adjacent to an activating group) is 2. The van der Waals surface area contributed by atoms with Crippen LogP contribution in [0.1, 0.15) is 12.8 Å². The van der Waals surface area contributed by atoms with Crippen LogP contribution in [0.5, 0.6) is 0 Å². The molecule has 0 heterocycles. The summed E-state index contributed by atoms with van der Waals surface area (Å²) in [5, 5.41) is 21.1. The lowest BCUT2D eigenvalue weighted by atomic mass is 10.1. The van der Waals surface area contributed by atoms with Gasteiger partial charge in [0.15, 0.2) is 0 Å². The van der Waals surface area contributed by atoms with E-state index in [9.17, 15) is 9.90 Å². The molecular formula is C9H20N2O3. The van der Waals surface area contributed by atoms with Crippen molar-refractivity contribution < 1.29 is 15.0 Å². The summed E-state index contributed by atoms with van der Waals surface area (Å²) in [6.45, 7) is 0.500. The van der Waals surface area contributed by atoms with Crippen molar-refractivity contribution in [2.75, 3.05) is 27.7 Å². The number of aliphatic hydroxyl groups is 1. The number of carboxylic acid groups (broad SMARTS) is 1.